The van der Waals surface area contributed by atoms with E-state index in [-0.39, 0.29) is 27.0 Å². The minimum Gasteiger partial charge on any atom is -0.471 e. The molecule has 2 aromatic carbocycles. The van der Waals surface area contributed by atoms with Gasteiger partial charge in [0.25, 0.3) is 12.9 Å². The summed E-state index contributed by atoms with van der Waals surface area (Å²) < 4.78 is 86.1. The van der Waals surface area contributed by atoms with Crippen molar-refractivity contribution in [2.24, 2.45) is 0 Å². The van der Waals surface area contributed by atoms with Crippen LogP contribution in [0.15, 0.2) is 82.7 Å². The van der Waals surface area contributed by atoms with Crippen LogP contribution in [-0.4, -0.2) is 38.4 Å². The lowest BCUT2D eigenvalue weighted by atomic mass is 10.0. The lowest BCUT2D eigenvalue weighted by molar-refractivity contribution is -0.156. The largest absolute Gasteiger partial charge is 0.471 e. The average Bonchev–Trinajstić information content (AvgIpc) is 2.78. The van der Waals surface area contributed by atoms with Gasteiger partial charge in [0.15, 0.2) is 0 Å². The SMILES string of the molecule is O=S(=O)(c1ccccc1)c1ccc2c(c1)N(c1ccccn1)CC(C(F)F)(C(F)F)O2. The summed E-state index contributed by atoms with van der Waals surface area (Å²) in [6.07, 6.45) is -5.62. The predicted octanol–water partition coefficient (Wildman–Crippen LogP) is 4.71. The van der Waals surface area contributed by atoms with E-state index in [4.69, 9.17) is 4.74 Å². The summed E-state index contributed by atoms with van der Waals surface area (Å²) in [6, 6.07) is 15.7. The maximum absolute atomic E-state index is 13.8. The van der Waals surface area contributed by atoms with Crippen LogP contribution in [0, 0.1) is 0 Å². The molecular weight excluding hydrogens is 436 g/mol. The fraction of sp³-hybridized carbons (Fsp3) is 0.190. The monoisotopic (exact) mass is 452 g/mol. The second-order valence-corrected chi connectivity index (χ2v) is 8.83. The van der Waals surface area contributed by atoms with Crippen molar-refractivity contribution in [2.75, 3.05) is 11.4 Å². The zero-order chi connectivity index (χ0) is 22.2. The van der Waals surface area contributed by atoms with E-state index in [0.29, 0.717) is 0 Å². The molecule has 0 bridgehead atoms. The molecule has 2 heterocycles. The van der Waals surface area contributed by atoms with Crippen LogP contribution in [0.3, 0.4) is 0 Å². The first-order chi connectivity index (χ1) is 14.8. The molecule has 10 heteroatoms. The molecule has 1 aliphatic rings. The number of fused-ring (bicyclic) bond motifs is 1. The minimum absolute atomic E-state index is 0.0329. The number of ether oxygens (including phenoxy) is 1. The zero-order valence-corrected chi connectivity index (χ0v) is 16.6. The second-order valence-electron chi connectivity index (χ2n) is 6.88. The number of hydrogen-bond acceptors (Lipinski definition) is 5. The van der Waals surface area contributed by atoms with E-state index in [0.717, 1.165) is 17.0 Å². The lowest BCUT2D eigenvalue weighted by Gasteiger charge is -2.43. The second kappa shape index (κ2) is 7.84. The van der Waals surface area contributed by atoms with E-state index in [1.54, 1.807) is 30.3 Å². The van der Waals surface area contributed by atoms with Gasteiger partial charge in [0.05, 0.1) is 22.0 Å². The van der Waals surface area contributed by atoms with Crippen LogP contribution in [0.2, 0.25) is 0 Å². The summed E-state index contributed by atoms with van der Waals surface area (Å²) in [5.41, 5.74) is -3.04. The van der Waals surface area contributed by atoms with Crippen LogP contribution >= 0.6 is 0 Å². The number of alkyl halides is 4. The highest BCUT2D eigenvalue weighted by Gasteiger charge is 2.55. The molecular formula is C21H16F4N2O3S. The molecule has 3 aromatic rings. The number of sulfone groups is 1. The van der Waals surface area contributed by atoms with Crippen molar-refractivity contribution >= 4 is 21.3 Å². The van der Waals surface area contributed by atoms with E-state index in [1.165, 1.54) is 30.5 Å². The first-order valence-corrected chi connectivity index (χ1v) is 10.6. The maximum Gasteiger partial charge on any atom is 0.285 e. The molecule has 0 spiro atoms. The van der Waals surface area contributed by atoms with Gasteiger partial charge in [-0.1, -0.05) is 24.3 Å². The van der Waals surface area contributed by atoms with Gasteiger partial charge in [-0.25, -0.2) is 31.0 Å². The van der Waals surface area contributed by atoms with Crippen LogP contribution in [-0.2, 0) is 9.84 Å². The quantitative estimate of drug-likeness (QED) is 0.525. The summed E-state index contributed by atoms with van der Waals surface area (Å²) in [6.45, 7) is -0.915. The van der Waals surface area contributed by atoms with Crippen molar-refractivity contribution in [3.8, 4) is 5.75 Å². The smallest absolute Gasteiger partial charge is 0.285 e. The molecule has 0 aliphatic carbocycles. The van der Waals surface area contributed by atoms with Crippen molar-refractivity contribution in [1.29, 1.82) is 0 Å². The molecule has 4 rings (SSSR count). The third kappa shape index (κ3) is 3.60. The number of anilines is 2. The molecule has 0 atom stereocenters. The van der Waals surface area contributed by atoms with E-state index in [1.807, 2.05) is 0 Å². The highest BCUT2D eigenvalue weighted by atomic mass is 32.2. The molecule has 0 amide bonds. The fourth-order valence-electron chi connectivity index (χ4n) is 3.31. The van der Waals surface area contributed by atoms with Crippen molar-refractivity contribution in [3.63, 3.8) is 0 Å². The number of aromatic nitrogens is 1. The van der Waals surface area contributed by atoms with Crippen molar-refractivity contribution < 1.29 is 30.7 Å². The van der Waals surface area contributed by atoms with Gasteiger partial charge in [-0.2, -0.15) is 0 Å². The van der Waals surface area contributed by atoms with E-state index in [9.17, 15) is 26.0 Å². The van der Waals surface area contributed by atoms with Crippen molar-refractivity contribution in [1.82, 2.24) is 4.98 Å². The number of benzene rings is 2. The van der Waals surface area contributed by atoms with E-state index < -0.39 is 34.8 Å². The third-order valence-corrected chi connectivity index (χ3v) is 6.72. The summed E-state index contributed by atoms with van der Waals surface area (Å²) in [7, 11) is -3.94. The van der Waals surface area contributed by atoms with Crippen LogP contribution in [0.25, 0.3) is 0 Å². The maximum atomic E-state index is 13.8. The van der Waals surface area contributed by atoms with Gasteiger partial charge in [0.2, 0.25) is 15.4 Å². The van der Waals surface area contributed by atoms with Crippen molar-refractivity contribution in [2.45, 2.75) is 28.2 Å². The van der Waals surface area contributed by atoms with Crippen LogP contribution < -0.4 is 9.64 Å². The van der Waals surface area contributed by atoms with Gasteiger partial charge in [-0.3, -0.25) is 0 Å². The van der Waals surface area contributed by atoms with Gasteiger partial charge in [-0.15, -0.1) is 0 Å². The molecule has 1 aliphatic heterocycles. The van der Waals surface area contributed by atoms with Crippen molar-refractivity contribution in [3.05, 3.63) is 72.9 Å². The number of rotatable bonds is 5. The number of nitrogens with zero attached hydrogens (tertiary/aromatic N) is 2. The first-order valence-electron chi connectivity index (χ1n) is 9.14. The van der Waals surface area contributed by atoms with Gasteiger partial charge in [0, 0.05) is 6.20 Å². The Bertz CT molecular complexity index is 1170. The van der Waals surface area contributed by atoms with Gasteiger partial charge >= 0.3 is 0 Å². The van der Waals surface area contributed by atoms with E-state index >= 15 is 0 Å². The Balaban J connectivity index is 1.88. The topological polar surface area (TPSA) is 59.5 Å². The number of halogens is 4. The molecule has 5 nitrogen and oxygen atoms in total. The molecule has 0 fully saturated rings. The predicted molar refractivity (Wildman–Crippen MR) is 105 cm³/mol. The Morgan fingerprint density at radius 3 is 2.19 bits per heavy atom. The summed E-state index contributed by atoms with van der Waals surface area (Å²) in [4.78, 5) is 5.09. The third-order valence-electron chi connectivity index (χ3n) is 4.95. The van der Waals surface area contributed by atoms with Crippen LogP contribution in [0.5, 0.6) is 5.75 Å². The Hall–Kier alpha value is -3.14. The zero-order valence-electron chi connectivity index (χ0n) is 15.8. The van der Waals surface area contributed by atoms with Gasteiger partial charge in [-0.05, 0) is 42.5 Å². The average molecular weight is 452 g/mol. The summed E-state index contributed by atoms with van der Waals surface area (Å²) in [5, 5.41) is 0. The summed E-state index contributed by atoms with van der Waals surface area (Å²) in [5.74, 6) is -0.184. The lowest BCUT2D eigenvalue weighted by Crippen LogP contribution is -2.59. The molecule has 0 unspecified atom stereocenters. The Morgan fingerprint density at radius 2 is 1.58 bits per heavy atom. The molecule has 31 heavy (non-hydrogen) atoms. The van der Waals surface area contributed by atoms with E-state index in [2.05, 4.69) is 4.98 Å². The van der Waals surface area contributed by atoms with Crippen LogP contribution in [0.1, 0.15) is 0 Å². The van der Waals surface area contributed by atoms with Gasteiger partial charge in [0.1, 0.15) is 11.6 Å². The Kier molecular flexibility index (Phi) is 5.34. The highest BCUT2D eigenvalue weighted by molar-refractivity contribution is 7.91. The number of pyridine rings is 1. The molecule has 162 valence electrons. The Labute approximate surface area is 175 Å². The van der Waals surface area contributed by atoms with Crippen LogP contribution in [0.4, 0.5) is 29.1 Å². The minimum atomic E-state index is -3.94. The Morgan fingerprint density at radius 1 is 0.903 bits per heavy atom. The first kappa shape index (κ1) is 21.1. The summed E-state index contributed by atoms with van der Waals surface area (Å²) >= 11 is 0. The molecule has 0 saturated carbocycles. The highest BCUT2D eigenvalue weighted by Crippen LogP contribution is 2.45. The standard InChI is InChI=1S/C21H16F4N2O3S/c22-19(23)21(20(24)25)13-27(18-8-4-5-11-26-18)16-12-15(9-10-17(16)30-21)31(28,29)14-6-2-1-3-7-14/h1-12,19-20H,13H2. The molecule has 0 N–H and O–H groups in total. The number of hydrogen-bond donors (Lipinski definition) is 0. The molecule has 1 aromatic heterocycles. The molecule has 0 saturated heterocycles. The van der Waals surface area contributed by atoms with Gasteiger partial charge < -0.3 is 9.64 Å². The normalized spacial score (nSPS) is 15.6. The molecule has 0 radical (unpaired) electrons. The fourth-order valence-corrected chi connectivity index (χ4v) is 4.61.